The number of carbonyl (C=O) groups excluding carboxylic acids is 1. The zero-order valence-corrected chi connectivity index (χ0v) is 12.1. The van der Waals surface area contributed by atoms with Crippen LogP contribution >= 0.6 is 12.6 Å². The van der Waals surface area contributed by atoms with E-state index in [0.29, 0.717) is 6.54 Å². The van der Waals surface area contributed by atoms with Gasteiger partial charge in [-0.05, 0) is 31.0 Å². The van der Waals surface area contributed by atoms with Crippen LogP contribution in [0.1, 0.15) is 16.7 Å². The number of carbonyl (C=O) groups is 1. The second-order valence-electron chi connectivity index (χ2n) is 3.96. The molecule has 5 heteroatoms. The van der Waals surface area contributed by atoms with Gasteiger partial charge in [-0.1, -0.05) is 0 Å². The van der Waals surface area contributed by atoms with Crippen LogP contribution in [0.5, 0.6) is 11.5 Å². The lowest BCUT2D eigenvalue weighted by molar-refractivity contribution is -0.118. The Morgan fingerprint density at radius 3 is 2.44 bits per heavy atom. The van der Waals surface area contributed by atoms with Crippen molar-refractivity contribution in [3.8, 4) is 11.5 Å². The fraction of sp³-hybridized carbons (Fsp3) is 0.462. The maximum absolute atomic E-state index is 11.2. The normalized spacial score (nSPS) is 10.1. The lowest BCUT2D eigenvalue weighted by Crippen LogP contribution is -2.24. The molecule has 100 valence electrons. The molecule has 1 aromatic carbocycles. The molecule has 0 saturated heterocycles. The minimum atomic E-state index is -0.113. The fourth-order valence-electron chi connectivity index (χ4n) is 1.81. The predicted octanol–water partition coefficient (Wildman–Crippen LogP) is 1.87. The highest BCUT2D eigenvalue weighted by atomic mass is 32.1. The first-order valence-electron chi connectivity index (χ1n) is 5.63. The van der Waals surface area contributed by atoms with Crippen LogP contribution < -0.4 is 14.8 Å². The first-order chi connectivity index (χ1) is 8.54. The Balaban J connectivity index is 3.09. The Morgan fingerprint density at radius 1 is 1.28 bits per heavy atom. The van der Waals surface area contributed by atoms with Crippen molar-refractivity contribution in [1.82, 2.24) is 5.32 Å². The van der Waals surface area contributed by atoms with Crippen molar-refractivity contribution in [2.45, 2.75) is 20.4 Å². The highest BCUT2D eigenvalue weighted by Crippen LogP contribution is 2.33. The Morgan fingerprint density at radius 2 is 1.94 bits per heavy atom. The summed E-state index contributed by atoms with van der Waals surface area (Å²) in [5.74, 6) is 1.64. The molecule has 4 nitrogen and oxygen atoms in total. The summed E-state index contributed by atoms with van der Waals surface area (Å²) in [7, 11) is 3.25. The molecule has 18 heavy (non-hydrogen) atoms. The van der Waals surface area contributed by atoms with Gasteiger partial charge >= 0.3 is 0 Å². The Labute approximate surface area is 113 Å². The number of amides is 1. The first-order valence-corrected chi connectivity index (χ1v) is 6.27. The summed E-state index contributed by atoms with van der Waals surface area (Å²) < 4.78 is 10.7. The van der Waals surface area contributed by atoms with Crippen molar-refractivity contribution in [1.29, 1.82) is 0 Å². The number of rotatable bonds is 5. The molecular formula is C13H19NO3S. The van der Waals surface area contributed by atoms with E-state index in [9.17, 15) is 4.79 Å². The molecular weight excluding hydrogens is 250 g/mol. The summed E-state index contributed by atoms with van der Waals surface area (Å²) in [4.78, 5) is 11.2. The summed E-state index contributed by atoms with van der Waals surface area (Å²) in [5.41, 5.74) is 2.96. The Kier molecular flexibility index (Phi) is 5.34. The van der Waals surface area contributed by atoms with Gasteiger partial charge in [-0.25, -0.2) is 0 Å². The number of nitrogens with one attached hydrogen (secondary N) is 1. The number of methoxy groups -OCH3 is 2. The van der Waals surface area contributed by atoms with E-state index in [1.54, 1.807) is 14.2 Å². The summed E-state index contributed by atoms with van der Waals surface area (Å²) in [6.45, 7) is 4.35. The third-order valence-corrected chi connectivity index (χ3v) is 3.20. The van der Waals surface area contributed by atoms with Crippen molar-refractivity contribution in [2.24, 2.45) is 0 Å². The Bertz CT molecular complexity index is 446. The van der Waals surface area contributed by atoms with E-state index >= 15 is 0 Å². The van der Waals surface area contributed by atoms with Gasteiger partial charge in [0.25, 0.3) is 0 Å². The number of hydrogen-bond donors (Lipinski definition) is 2. The third-order valence-electron chi connectivity index (χ3n) is 2.91. The summed E-state index contributed by atoms with van der Waals surface area (Å²) in [6, 6.07) is 1.89. The standard InChI is InChI=1S/C13H19NO3S/c1-8-9(2)13(17-4)10(5-11(8)16-3)6-14-12(15)7-18/h5,18H,6-7H2,1-4H3,(H,14,15). The van der Waals surface area contributed by atoms with Crippen molar-refractivity contribution in [3.05, 3.63) is 22.8 Å². The average molecular weight is 269 g/mol. The molecule has 0 fully saturated rings. The lowest BCUT2D eigenvalue weighted by atomic mass is 10.0. The van der Waals surface area contributed by atoms with Crippen molar-refractivity contribution >= 4 is 18.5 Å². The molecule has 0 radical (unpaired) electrons. The summed E-state index contributed by atoms with van der Waals surface area (Å²) in [5, 5.41) is 2.77. The average Bonchev–Trinajstić information content (AvgIpc) is 2.39. The molecule has 0 aliphatic rings. The minimum absolute atomic E-state index is 0.113. The van der Waals surface area contributed by atoms with E-state index < -0.39 is 0 Å². The molecule has 0 aliphatic heterocycles. The Hall–Kier alpha value is -1.36. The quantitative estimate of drug-likeness (QED) is 0.802. The second-order valence-corrected chi connectivity index (χ2v) is 4.27. The number of ether oxygens (including phenoxy) is 2. The van der Waals surface area contributed by atoms with Crippen LogP contribution in [-0.2, 0) is 11.3 Å². The summed E-state index contributed by atoms with van der Waals surface area (Å²) >= 11 is 3.92. The molecule has 1 N–H and O–H groups in total. The zero-order valence-electron chi connectivity index (χ0n) is 11.2. The lowest BCUT2D eigenvalue weighted by Gasteiger charge is -2.17. The van der Waals surface area contributed by atoms with Crippen LogP contribution in [0.15, 0.2) is 6.07 Å². The minimum Gasteiger partial charge on any atom is -0.496 e. The molecule has 0 saturated carbocycles. The molecule has 1 amide bonds. The van der Waals surface area contributed by atoms with Crippen LogP contribution in [0.2, 0.25) is 0 Å². The molecule has 0 aliphatic carbocycles. The third kappa shape index (κ3) is 3.10. The van der Waals surface area contributed by atoms with Gasteiger partial charge in [0, 0.05) is 12.1 Å². The van der Waals surface area contributed by atoms with Crippen molar-refractivity contribution in [3.63, 3.8) is 0 Å². The smallest absolute Gasteiger partial charge is 0.229 e. The van der Waals surface area contributed by atoms with Gasteiger partial charge in [0.1, 0.15) is 11.5 Å². The zero-order chi connectivity index (χ0) is 13.7. The van der Waals surface area contributed by atoms with E-state index in [-0.39, 0.29) is 11.7 Å². The van der Waals surface area contributed by atoms with Gasteiger partial charge in [0.05, 0.1) is 20.0 Å². The summed E-state index contributed by atoms with van der Waals surface area (Å²) in [6.07, 6.45) is 0. The van der Waals surface area contributed by atoms with Crippen LogP contribution in [0.4, 0.5) is 0 Å². The second kappa shape index (κ2) is 6.54. The van der Waals surface area contributed by atoms with Crippen molar-refractivity contribution in [2.75, 3.05) is 20.0 Å². The van der Waals surface area contributed by atoms with Gasteiger partial charge < -0.3 is 14.8 Å². The fourth-order valence-corrected chi connectivity index (χ4v) is 1.92. The maximum Gasteiger partial charge on any atom is 0.229 e. The SMILES string of the molecule is COc1cc(CNC(=O)CS)c(OC)c(C)c1C. The van der Waals surface area contributed by atoms with E-state index in [0.717, 1.165) is 28.2 Å². The largest absolute Gasteiger partial charge is 0.496 e. The van der Waals surface area contributed by atoms with Gasteiger partial charge in [-0.3, -0.25) is 4.79 Å². The van der Waals surface area contributed by atoms with Crippen LogP contribution in [0.25, 0.3) is 0 Å². The van der Waals surface area contributed by atoms with E-state index in [4.69, 9.17) is 9.47 Å². The van der Waals surface area contributed by atoms with E-state index in [1.807, 2.05) is 19.9 Å². The molecule has 0 unspecified atom stereocenters. The van der Waals surface area contributed by atoms with Gasteiger partial charge in [0.2, 0.25) is 5.91 Å². The molecule has 0 aromatic heterocycles. The molecule has 1 rings (SSSR count). The topological polar surface area (TPSA) is 47.6 Å². The molecule has 0 bridgehead atoms. The maximum atomic E-state index is 11.2. The molecule has 0 atom stereocenters. The van der Waals surface area contributed by atoms with Crippen LogP contribution in [0, 0.1) is 13.8 Å². The molecule has 1 aromatic rings. The van der Waals surface area contributed by atoms with Gasteiger partial charge in [-0.2, -0.15) is 12.6 Å². The number of thiol groups is 1. The number of benzene rings is 1. The predicted molar refractivity (Wildman–Crippen MR) is 74.7 cm³/mol. The van der Waals surface area contributed by atoms with Crippen LogP contribution in [-0.4, -0.2) is 25.9 Å². The van der Waals surface area contributed by atoms with Gasteiger partial charge in [-0.15, -0.1) is 0 Å². The van der Waals surface area contributed by atoms with Crippen LogP contribution in [0.3, 0.4) is 0 Å². The molecule has 0 spiro atoms. The highest BCUT2D eigenvalue weighted by molar-refractivity contribution is 7.81. The monoisotopic (exact) mass is 269 g/mol. The van der Waals surface area contributed by atoms with E-state index in [1.165, 1.54) is 0 Å². The number of hydrogen-bond acceptors (Lipinski definition) is 4. The molecule has 0 heterocycles. The van der Waals surface area contributed by atoms with Crippen molar-refractivity contribution < 1.29 is 14.3 Å². The highest BCUT2D eigenvalue weighted by Gasteiger charge is 2.14. The first kappa shape index (κ1) is 14.7. The van der Waals surface area contributed by atoms with Gasteiger partial charge in [0.15, 0.2) is 0 Å². The van der Waals surface area contributed by atoms with E-state index in [2.05, 4.69) is 17.9 Å².